The smallest absolute Gasteiger partial charge is 0.366 e. The van der Waals surface area contributed by atoms with Crippen molar-refractivity contribution in [2.24, 2.45) is 10.8 Å². The van der Waals surface area contributed by atoms with Crippen LogP contribution >= 0.6 is 0 Å². The van der Waals surface area contributed by atoms with Gasteiger partial charge in [-0.15, -0.1) is 0 Å². The highest BCUT2D eigenvalue weighted by Gasteiger charge is 2.29. The fourth-order valence-corrected chi connectivity index (χ4v) is 1.52. The Hall–Kier alpha value is -2.78. The summed E-state index contributed by atoms with van der Waals surface area (Å²) in [6.07, 6.45) is 2.79. The Morgan fingerprint density at radius 1 is 0.800 bits per heavy atom. The number of carboxylic acid groups (broad SMARTS) is 2. The van der Waals surface area contributed by atoms with E-state index in [0.29, 0.717) is 18.9 Å². The molecule has 30 heavy (non-hydrogen) atoms. The first-order valence-corrected chi connectivity index (χ1v) is 9.20. The molecule has 0 spiro atoms. The number of esters is 2. The summed E-state index contributed by atoms with van der Waals surface area (Å²) in [5, 5.41) is 16.6. The van der Waals surface area contributed by atoms with Crippen molar-refractivity contribution < 1.29 is 47.6 Å². The van der Waals surface area contributed by atoms with Gasteiger partial charge in [-0.05, 0) is 52.7 Å². The van der Waals surface area contributed by atoms with Crippen LogP contribution in [0.4, 0.5) is 8.78 Å². The Labute approximate surface area is 174 Å². The third-order valence-electron chi connectivity index (χ3n) is 3.33. The van der Waals surface area contributed by atoms with Gasteiger partial charge < -0.3 is 19.7 Å². The molecule has 0 aliphatic rings. The fraction of sp³-hybridized carbons (Fsp3) is 0.600. The summed E-state index contributed by atoms with van der Waals surface area (Å²) in [7, 11) is 0. The van der Waals surface area contributed by atoms with Crippen LogP contribution in [0.1, 0.15) is 54.4 Å². The average Bonchev–Trinajstić information content (AvgIpc) is 2.63. The number of halogens is 2. The molecular weight excluding hydrogens is 406 g/mol. The van der Waals surface area contributed by atoms with Crippen molar-refractivity contribution in [2.45, 2.75) is 54.4 Å². The van der Waals surface area contributed by atoms with Crippen molar-refractivity contribution in [3.63, 3.8) is 0 Å². The second-order valence-corrected chi connectivity index (χ2v) is 7.31. The lowest BCUT2D eigenvalue weighted by Gasteiger charge is -2.18. The van der Waals surface area contributed by atoms with E-state index in [2.05, 4.69) is 4.74 Å². The van der Waals surface area contributed by atoms with Gasteiger partial charge in [0.25, 0.3) is 0 Å². The van der Waals surface area contributed by atoms with Crippen molar-refractivity contribution >= 4 is 23.9 Å². The quantitative estimate of drug-likeness (QED) is 0.391. The van der Waals surface area contributed by atoms with Crippen LogP contribution in [-0.2, 0) is 28.7 Å². The third-order valence-corrected chi connectivity index (χ3v) is 3.33. The van der Waals surface area contributed by atoms with Crippen LogP contribution in [0.15, 0.2) is 23.8 Å². The van der Waals surface area contributed by atoms with E-state index in [1.54, 1.807) is 6.92 Å². The molecule has 0 bridgehead atoms. The Morgan fingerprint density at radius 2 is 1.23 bits per heavy atom. The molecule has 0 unspecified atom stereocenters. The minimum atomic E-state index is -1.76. The molecule has 172 valence electrons. The fourth-order valence-electron chi connectivity index (χ4n) is 1.52. The van der Waals surface area contributed by atoms with Gasteiger partial charge in [0.2, 0.25) is 11.7 Å². The van der Waals surface area contributed by atoms with E-state index in [-0.39, 0.29) is 13.2 Å². The maximum Gasteiger partial charge on any atom is 0.366 e. The van der Waals surface area contributed by atoms with Gasteiger partial charge in [-0.2, -0.15) is 8.78 Å². The maximum absolute atomic E-state index is 13.5. The summed E-state index contributed by atoms with van der Waals surface area (Å²) >= 11 is 0. The van der Waals surface area contributed by atoms with Crippen molar-refractivity contribution in [1.29, 1.82) is 0 Å². The Bertz CT molecular complexity index is 678. The van der Waals surface area contributed by atoms with Crippen LogP contribution in [0.5, 0.6) is 0 Å². The van der Waals surface area contributed by atoms with E-state index in [1.165, 1.54) is 27.7 Å². The van der Waals surface area contributed by atoms with Gasteiger partial charge >= 0.3 is 23.9 Å². The summed E-state index contributed by atoms with van der Waals surface area (Å²) in [4.78, 5) is 43.1. The molecule has 2 N–H and O–H groups in total. The van der Waals surface area contributed by atoms with Crippen molar-refractivity contribution in [2.75, 3.05) is 13.2 Å². The molecule has 0 aliphatic heterocycles. The highest BCUT2D eigenvalue weighted by molar-refractivity contribution is 5.88. The van der Waals surface area contributed by atoms with Crippen LogP contribution in [-0.4, -0.2) is 47.3 Å². The first kappa shape index (κ1) is 29.4. The van der Waals surface area contributed by atoms with Gasteiger partial charge in [-0.3, -0.25) is 9.59 Å². The normalized spacial score (nSPS) is 12.4. The third kappa shape index (κ3) is 11.9. The van der Waals surface area contributed by atoms with Crippen LogP contribution in [0.25, 0.3) is 0 Å². The zero-order valence-corrected chi connectivity index (χ0v) is 18.1. The summed E-state index contributed by atoms with van der Waals surface area (Å²) in [5.41, 5.74) is -2.69. The SMILES string of the molecule is CC(C)(C=C(F)C(=O)O)C(=O)O.CCCOC(=O)C(F)=CC(C)(C)C(=O)OCCC. The van der Waals surface area contributed by atoms with Crippen molar-refractivity contribution in [3.8, 4) is 0 Å². The largest absolute Gasteiger partial charge is 0.481 e. The van der Waals surface area contributed by atoms with E-state index in [4.69, 9.17) is 14.9 Å². The number of hydrogen-bond acceptors (Lipinski definition) is 6. The Kier molecular flexibility index (Phi) is 13.2. The predicted molar refractivity (Wildman–Crippen MR) is 104 cm³/mol. The highest BCUT2D eigenvalue weighted by Crippen LogP contribution is 2.23. The predicted octanol–water partition coefficient (Wildman–Crippen LogP) is 3.81. The van der Waals surface area contributed by atoms with Gasteiger partial charge in [0, 0.05) is 0 Å². The molecular formula is C20H30F2O8. The first-order chi connectivity index (χ1) is 13.6. The lowest BCUT2D eigenvalue weighted by molar-refractivity contribution is -0.151. The molecule has 0 rings (SSSR count). The molecule has 0 atom stereocenters. The zero-order valence-electron chi connectivity index (χ0n) is 18.1. The van der Waals surface area contributed by atoms with Gasteiger partial charge in [0.1, 0.15) is 0 Å². The summed E-state index contributed by atoms with van der Waals surface area (Å²) in [6, 6.07) is 0. The minimum absolute atomic E-state index is 0.154. The monoisotopic (exact) mass is 436 g/mol. The van der Waals surface area contributed by atoms with Gasteiger partial charge in [-0.1, -0.05) is 13.8 Å². The first-order valence-electron chi connectivity index (χ1n) is 9.20. The van der Waals surface area contributed by atoms with E-state index in [0.717, 1.165) is 6.08 Å². The number of carbonyl (C=O) groups excluding carboxylic acids is 2. The summed E-state index contributed by atoms with van der Waals surface area (Å²) in [5.74, 6) is -7.18. The molecule has 8 nitrogen and oxygen atoms in total. The van der Waals surface area contributed by atoms with E-state index < -0.39 is 46.4 Å². The summed E-state index contributed by atoms with van der Waals surface area (Å²) in [6.45, 7) is 9.48. The number of rotatable bonds is 10. The molecule has 0 amide bonds. The molecule has 0 aliphatic carbocycles. The number of hydrogen-bond donors (Lipinski definition) is 2. The molecule has 0 aromatic heterocycles. The van der Waals surface area contributed by atoms with Crippen LogP contribution < -0.4 is 0 Å². The molecule has 0 saturated carbocycles. The second-order valence-electron chi connectivity index (χ2n) is 7.31. The van der Waals surface area contributed by atoms with E-state index >= 15 is 0 Å². The zero-order chi connectivity index (χ0) is 24.1. The maximum atomic E-state index is 13.5. The molecule has 0 aromatic rings. The molecule has 0 saturated heterocycles. The molecule has 0 heterocycles. The molecule has 0 radical (unpaired) electrons. The topological polar surface area (TPSA) is 127 Å². The lowest BCUT2D eigenvalue weighted by atomic mass is 9.93. The molecule has 10 heteroatoms. The summed E-state index contributed by atoms with van der Waals surface area (Å²) < 4.78 is 35.4. The number of carbonyl (C=O) groups is 4. The van der Waals surface area contributed by atoms with Gasteiger partial charge in [-0.25, -0.2) is 9.59 Å². The second kappa shape index (κ2) is 13.4. The molecule has 0 aromatic carbocycles. The van der Waals surface area contributed by atoms with Crippen molar-refractivity contribution in [3.05, 3.63) is 23.8 Å². The van der Waals surface area contributed by atoms with E-state index in [9.17, 15) is 28.0 Å². The standard InChI is InChI=1S/C13H21FO4.C7H9FO4/c1-5-7-17-11(15)10(14)9-13(3,4)12(16)18-8-6-2;1-7(2,6(11)12)3-4(8)5(9)10/h9H,5-8H2,1-4H3;3H,1-2H3,(H,9,10)(H,11,12). The highest BCUT2D eigenvalue weighted by atomic mass is 19.1. The minimum Gasteiger partial charge on any atom is -0.481 e. The number of ether oxygens (including phenoxy) is 2. The van der Waals surface area contributed by atoms with Crippen LogP contribution in [0, 0.1) is 10.8 Å². The number of aliphatic carboxylic acids is 2. The van der Waals surface area contributed by atoms with Gasteiger partial charge in [0.05, 0.1) is 24.0 Å². The number of carboxylic acids is 2. The Morgan fingerprint density at radius 3 is 1.63 bits per heavy atom. The molecule has 0 fully saturated rings. The van der Waals surface area contributed by atoms with Crippen LogP contribution in [0.3, 0.4) is 0 Å². The lowest BCUT2D eigenvalue weighted by Crippen LogP contribution is -2.26. The average molecular weight is 436 g/mol. The van der Waals surface area contributed by atoms with E-state index in [1.807, 2.05) is 6.92 Å². The van der Waals surface area contributed by atoms with Crippen molar-refractivity contribution in [1.82, 2.24) is 0 Å². The van der Waals surface area contributed by atoms with Crippen LogP contribution in [0.2, 0.25) is 0 Å². The Balaban J connectivity index is 0. The van der Waals surface area contributed by atoms with Gasteiger partial charge in [0.15, 0.2) is 0 Å².